The van der Waals surface area contributed by atoms with Gasteiger partial charge in [0, 0.05) is 17.8 Å². The highest BCUT2D eigenvalue weighted by Crippen LogP contribution is 2.33. The van der Waals surface area contributed by atoms with Gasteiger partial charge in [0.05, 0.1) is 17.1 Å². The molecule has 10 heteroatoms. The van der Waals surface area contributed by atoms with Gasteiger partial charge < -0.3 is 20.6 Å². The molecule has 1 fully saturated rings. The van der Waals surface area contributed by atoms with Crippen LogP contribution in [0.3, 0.4) is 0 Å². The Hall–Kier alpha value is -3.40. The van der Waals surface area contributed by atoms with E-state index in [1.807, 2.05) is 13.0 Å². The number of fused-ring (bicyclic) bond motifs is 1. The first-order valence-electron chi connectivity index (χ1n) is 9.42. The predicted molar refractivity (Wildman–Crippen MR) is 109 cm³/mol. The summed E-state index contributed by atoms with van der Waals surface area (Å²) in [6, 6.07) is 5.68. The lowest BCUT2D eigenvalue weighted by Crippen LogP contribution is -2.52. The summed E-state index contributed by atoms with van der Waals surface area (Å²) < 4.78 is 0. The zero-order valence-corrected chi connectivity index (χ0v) is 17.0. The summed E-state index contributed by atoms with van der Waals surface area (Å²) in [7, 11) is 0. The molecule has 0 bridgehead atoms. The van der Waals surface area contributed by atoms with Crippen LogP contribution in [0.4, 0.5) is 10.5 Å². The molecule has 1 atom stereocenters. The fraction of sp³-hybridized carbons (Fsp3) is 0.300. The van der Waals surface area contributed by atoms with Gasteiger partial charge in [-0.3, -0.25) is 19.7 Å². The maximum absolute atomic E-state index is 12.7. The van der Waals surface area contributed by atoms with Crippen LogP contribution in [0, 0.1) is 6.92 Å². The molecule has 1 unspecified atom stereocenters. The summed E-state index contributed by atoms with van der Waals surface area (Å²) in [5, 5.41) is 17.4. The number of imide groups is 1. The van der Waals surface area contributed by atoms with Gasteiger partial charge >= 0.3 is 6.03 Å². The van der Waals surface area contributed by atoms with Crippen LogP contribution < -0.4 is 16.0 Å². The van der Waals surface area contributed by atoms with E-state index in [1.54, 1.807) is 18.2 Å². The van der Waals surface area contributed by atoms with Crippen LogP contribution >= 0.6 is 11.3 Å². The van der Waals surface area contributed by atoms with Crippen LogP contribution in [0.1, 0.15) is 38.5 Å². The van der Waals surface area contributed by atoms with Gasteiger partial charge in [-0.25, -0.2) is 4.79 Å². The number of carbonyl (C=O) groups excluding carboxylic acids is 4. The number of carbonyl (C=O) groups is 4. The number of thiophene rings is 1. The van der Waals surface area contributed by atoms with E-state index in [9.17, 15) is 24.3 Å². The molecule has 0 aliphatic carbocycles. The van der Waals surface area contributed by atoms with Crippen molar-refractivity contribution in [1.82, 2.24) is 15.5 Å². The fourth-order valence-electron chi connectivity index (χ4n) is 3.57. The van der Waals surface area contributed by atoms with Gasteiger partial charge in [-0.15, -0.1) is 11.3 Å². The van der Waals surface area contributed by atoms with Gasteiger partial charge in [0.1, 0.15) is 11.8 Å². The molecule has 1 aromatic carbocycles. The second-order valence-corrected chi connectivity index (χ2v) is 8.43. The van der Waals surface area contributed by atoms with Crippen LogP contribution in [0.15, 0.2) is 24.3 Å². The minimum absolute atomic E-state index is 0.0145. The lowest BCUT2D eigenvalue weighted by Gasteiger charge is -2.29. The van der Waals surface area contributed by atoms with E-state index in [0.717, 1.165) is 16.0 Å². The van der Waals surface area contributed by atoms with Gasteiger partial charge in [0.2, 0.25) is 11.8 Å². The third-order valence-corrected chi connectivity index (χ3v) is 6.23. The van der Waals surface area contributed by atoms with Crippen LogP contribution in [-0.2, 0) is 22.7 Å². The monoisotopic (exact) mass is 428 g/mol. The minimum Gasteiger partial charge on any atom is -0.506 e. The molecular formula is C20H20N4O5S. The Kier molecular flexibility index (Phi) is 5.17. The maximum Gasteiger partial charge on any atom is 0.319 e. The number of phenolic OH excluding ortho intramolecular Hbond substituents is 1. The highest BCUT2D eigenvalue weighted by atomic mass is 32.1. The quantitative estimate of drug-likeness (QED) is 0.436. The molecule has 5 amide bonds. The Bertz CT molecular complexity index is 1060. The number of phenols is 1. The normalized spacial score (nSPS) is 18.2. The summed E-state index contributed by atoms with van der Waals surface area (Å²) in [5.41, 5.74) is 1.99. The third-order valence-electron chi connectivity index (χ3n) is 5.07. The number of aryl methyl sites for hydroxylation is 1. The number of benzene rings is 1. The molecule has 30 heavy (non-hydrogen) atoms. The first-order chi connectivity index (χ1) is 14.3. The number of nitrogens with one attached hydrogen (secondary N) is 3. The van der Waals surface area contributed by atoms with Crippen LogP contribution in [0.5, 0.6) is 5.75 Å². The van der Waals surface area contributed by atoms with Crippen LogP contribution in [0.25, 0.3) is 0 Å². The van der Waals surface area contributed by atoms with Crippen molar-refractivity contribution in [2.45, 2.75) is 38.9 Å². The van der Waals surface area contributed by atoms with E-state index >= 15 is 0 Å². The summed E-state index contributed by atoms with van der Waals surface area (Å²) >= 11 is 1.27. The van der Waals surface area contributed by atoms with Gasteiger partial charge in [-0.05, 0) is 42.7 Å². The Morgan fingerprint density at radius 1 is 1.30 bits per heavy atom. The number of urea groups is 1. The first-order valence-corrected chi connectivity index (χ1v) is 10.2. The molecule has 4 N–H and O–H groups in total. The fourth-order valence-corrected chi connectivity index (χ4v) is 4.64. The molecule has 9 nitrogen and oxygen atoms in total. The topological polar surface area (TPSA) is 128 Å². The zero-order chi connectivity index (χ0) is 21.4. The van der Waals surface area contributed by atoms with E-state index in [-0.39, 0.29) is 30.5 Å². The molecule has 4 rings (SSSR count). The second-order valence-electron chi connectivity index (χ2n) is 7.30. The van der Waals surface area contributed by atoms with Crippen molar-refractivity contribution < 1.29 is 24.3 Å². The molecule has 2 aliphatic heterocycles. The minimum atomic E-state index is -0.635. The molecule has 0 radical (unpaired) electrons. The molecular weight excluding hydrogens is 408 g/mol. The highest BCUT2D eigenvalue weighted by molar-refractivity contribution is 7.14. The van der Waals surface area contributed by atoms with Crippen LogP contribution in [-0.4, -0.2) is 39.8 Å². The average Bonchev–Trinajstić information content (AvgIpc) is 3.22. The smallest absolute Gasteiger partial charge is 0.319 e. The molecule has 156 valence electrons. The van der Waals surface area contributed by atoms with Crippen molar-refractivity contribution in [1.29, 1.82) is 0 Å². The number of hydrogen-bond acceptors (Lipinski definition) is 6. The number of nitrogens with zero attached hydrogens (tertiary/aromatic N) is 1. The van der Waals surface area contributed by atoms with Gasteiger partial charge in [-0.2, -0.15) is 0 Å². The molecule has 2 aromatic rings. The van der Waals surface area contributed by atoms with E-state index in [4.69, 9.17) is 0 Å². The Morgan fingerprint density at radius 2 is 2.10 bits per heavy atom. The van der Waals surface area contributed by atoms with Gasteiger partial charge in [0.25, 0.3) is 5.91 Å². The number of piperidine rings is 1. The molecule has 0 spiro atoms. The first kappa shape index (κ1) is 19.9. The number of aromatic hydroxyl groups is 1. The van der Waals surface area contributed by atoms with Crippen LogP contribution in [0.2, 0.25) is 0 Å². The van der Waals surface area contributed by atoms with Gasteiger partial charge in [-0.1, -0.05) is 6.07 Å². The standard InChI is InChI=1S/C20H20N4O5S/c1-10-2-3-13(15(25)6-10)22-20(29)21-8-12-7-11-9-24(19(28)17(11)30-12)14-4-5-16(26)23-18(14)27/h2-3,6-7,14,25H,4-5,8-9H2,1H3,(H2,21,22,29)(H,23,26,27). The molecule has 0 saturated carbocycles. The van der Waals surface area contributed by atoms with Crippen molar-refractivity contribution >= 4 is 40.8 Å². The Morgan fingerprint density at radius 3 is 2.80 bits per heavy atom. The maximum atomic E-state index is 12.7. The van der Waals surface area contributed by atoms with E-state index < -0.39 is 18.0 Å². The van der Waals surface area contributed by atoms with Gasteiger partial charge in [0.15, 0.2) is 0 Å². The van der Waals surface area contributed by atoms with E-state index in [1.165, 1.54) is 16.2 Å². The molecule has 2 aliphatic rings. The number of amides is 5. The lowest BCUT2D eigenvalue weighted by molar-refractivity contribution is -0.136. The molecule has 1 aromatic heterocycles. The summed E-state index contributed by atoms with van der Waals surface area (Å²) in [6.45, 7) is 2.37. The predicted octanol–water partition coefficient (Wildman–Crippen LogP) is 1.84. The van der Waals surface area contributed by atoms with Crippen molar-refractivity contribution in [3.05, 3.63) is 45.1 Å². The number of hydrogen-bond donors (Lipinski definition) is 4. The zero-order valence-electron chi connectivity index (χ0n) is 16.2. The number of anilines is 1. The lowest BCUT2D eigenvalue weighted by atomic mass is 10.0. The summed E-state index contributed by atoms with van der Waals surface area (Å²) in [6.07, 6.45) is 0.542. The molecule has 3 heterocycles. The van der Waals surface area contributed by atoms with E-state index in [2.05, 4.69) is 16.0 Å². The average molecular weight is 428 g/mol. The van der Waals surface area contributed by atoms with Crippen molar-refractivity contribution in [2.75, 3.05) is 5.32 Å². The summed E-state index contributed by atoms with van der Waals surface area (Å²) in [4.78, 5) is 51.0. The summed E-state index contributed by atoms with van der Waals surface area (Å²) in [5.74, 6) is -1.000. The van der Waals surface area contributed by atoms with E-state index in [0.29, 0.717) is 23.5 Å². The highest BCUT2D eigenvalue weighted by Gasteiger charge is 2.40. The van der Waals surface area contributed by atoms with Crippen molar-refractivity contribution in [2.24, 2.45) is 0 Å². The Balaban J connectivity index is 1.35. The van der Waals surface area contributed by atoms with Crippen molar-refractivity contribution in [3.63, 3.8) is 0 Å². The Labute approximate surface area is 176 Å². The molecule has 1 saturated heterocycles. The third kappa shape index (κ3) is 3.86. The number of rotatable bonds is 4. The second kappa shape index (κ2) is 7.79. The largest absolute Gasteiger partial charge is 0.506 e. The SMILES string of the molecule is Cc1ccc(NC(=O)NCc2cc3c(s2)C(=O)N(C2CCC(=O)NC2=O)C3)c(O)c1. The van der Waals surface area contributed by atoms with Crippen molar-refractivity contribution in [3.8, 4) is 5.75 Å².